The van der Waals surface area contributed by atoms with Gasteiger partial charge in [0.25, 0.3) is 5.91 Å². The van der Waals surface area contributed by atoms with Gasteiger partial charge in [0, 0.05) is 5.41 Å². The molecule has 0 unspecified atom stereocenters. The predicted octanol–water partition coefficient (Wildman–Crippen LogP) is 2.44. The van der Waals surface area contributed by atoms with E-state index in [2.05, 4.69) is 18.8 Å². The number of nitrogens with zero attached hydrogens (tertiary/aromatic N) is 2. The number of carbonyl (C=O) groups excluding carboxylic acids is 1. The zero-order valence-corrected chi connectivity index (χ0v) is 16.5. The van der Waals surface area contributed by atoms with Crippen molar-refractivity contribution in [2.75, 3.05) is 24.8 Å². The van der Waals surface area contributed by atoms with Gasteiger partial charge < -0.3 is 0 Å². The highest BCUT2D eigenvalue weighted by molar-refractivity contribution is 8.38. The molecule has 0 N–H and O–H groups in total. The van der Waals surface area contributed by atoms with Gasteiger partial charge in [-0.05, 0) is 43.1 Å². The van der Waals surface area contributed by atoms with E-state index in [4.69, 9.17) is 0 Å². The molecular weight excluding hydrogens is 352 g/mol. The molecule has 2 bridgehead atoms. The number of amides is 1. The van der Waals surface area contributed by atoms with Crippen LogP contribution in [0.15, 0.2) is 4.99 Å². The molecule has 23 heavy (non-hydrogen) atoms. The number of hydrogen-bond acceptors (Lipinski definition) is 6. The molecule has 2 saturated carbocycles. The molecule has 3 fully saturated rings. The first-order valence-electron chi connectivity index (χ1n) is 7.87. The van der Waals surface area contributed by atoms with Crippen molar-refractivity contribution in [3.63, 3.8) is 0 Å². The highest BCUT2D eigenvalue weighted by atomic mass is 32.2. The first kappa shape index (κ1) is 17.6. The maximum absolute atomic E-state index is 12.7. The van der Waals surface area contributed by atoms with E-state index in [1.165, 1.54) is 27.8 Å². The Morgan fingerprint density at radius 3 is 2.52 bits per heavy atom. The molecule has 8 heteroatoms. The minimum Gasteiger partial charge on any atom is -0.272 e. The van der Waals surface area contributed by atoms with Gasteiger partial charge in [-0.3, -0.25) is 9.79 Å². The van der Waals surface area contributed by atoms with Gasteiger partial charge in [-0.1, -0.05) is 13.8 Å². The minimum atomic E-state index is -3.52. The summed E-state index contributed by atoms with van der Waals surface area (Å²) in [6.07, 6.45) is 6.63. The average Bonchev–Trinajstić information content (AvgIpc) is 2.95. The number of hydrogen-bond donors (Lipinski definition) is 0. The third kappa shape index (κ3) is 2.39. The Labute approximate surface area is 147 Å². The van der Waals surface area contributed by atoms with Crippen LogP contribution in [0.2, 0.25) is 0 Å². The smallest absolute Gasteiger partial charge is 0.258 e. The second-order valence-electron chi connectivity index (χ2n) is 7.30. The van der Waals surface area contributed by atoms with E-state index >= 15 is 0 Å². The fourth-order valence-corrected chi connectivity index (χ4v) is 8.63. The van der Waals surface area contributed by atoms with Crippen LogP contribution in [0, 0.1) is 16.7 Å². The summed E-state index contributed by atoms with van der Waals surface area (Å²) in [4.78, 5) is 16.9. The maximum atomic E-state index is 12.7. The van der Waals surface area contributed by atoms with Gasteiger partial charge in [-0.25, -0.2) is 12.7 Å². The quantitative estimate of drug-likeness (QED) is 0.547. The lowest BCUT2D eigenvalue weighted by Gasteiger charge is -2.37. The number of aliphatic imine (C=N–C) groups is 1. The highest BCUT2D eigenvalue weighted by Crippen LogP contribution is 2.69. The van der Waals surface area contributed by atoms with Crippen LogP contribution in [-0.2, 0) is 14.8 Å². The standard InChI is InChI=1S/C15H24N2O3S3/c1-14(2)10-5-6-15(14)9-23(19,20)17(11(15)7-10)12(18)8-16-13(21-3)22-4/h10-11H,5-9H2,1-4H3/t10-,11-,15-/m0/s1. The Balaban J connectivity index is 1.89. The average molecular weight is 377 g/mol. The van der Waals surface area contributed by atoms with Gasteiger partial charge in [-0.2, -0.15) is 0 Å². The van der Waals surface area contributed by atoms with Crippen molar-refractivity contribution in [2.24, 2.45) is 21.7 Å². The Morgan fingerprint density at radius 1 is 1.30 bits per heavy atom. The molecule has 2 aliphatic carbocycles. The van der Waals surface area contributed by atoms with Crippen LogP contribution < -0.4 is 0 Å². The van der Waals surface area contributed by atoms with E-state index in [-0.39, 0.29) is 35.1 Å². The van der Waals surface area contributed by atoms with E-state index in [1.54, 1.807) is 0 Å². The number of carbonyl (C=O) groups is 1. The fourth-order valence-electron chi connectivity index (χ4n) is 5.03. The normalized spacial score (nSPS) is 36.1. The maximum Gasteiger partial charge on any atom is 0.258 e. The predicted molar refractivity (Wildman–Crippen MR) is 97.3 cm³/mol. The third-order valence-corrected chi connectivity index (χ3v) is 10.2. The van der Waals surface area contributed by atoms with Crippen LogP contribution in [0.1, 0.15) is 33.1 Å². The number of sulfonamides is 1. The van der Waals surface area contributed by atoms with Crippen LogP contribution in [0.5, 0.6) is 0 Å². The molecule has 0 aromatic heterocycles. The van der Waals surface area contributed by atoms with Crippen molar-refractivity contribution < 1.29 is 13.2 Å². The molecule has 1 spiro atoms. The lowest BCUT2D eigenvalue weighted by atomic mass is 9.69. The van der Waals surface area contributed by atoms with Crippen molar-refractivity contribution in [2.45, 2.75) is 39.2 Å². The highest BCUT2D eigenvalue weighted by Gasteiger charge is 2.72. The van der Waals surface area contributed by atoms with Gasteiger partial charge >= 0.3 is 0 Å². The zero-order valence-electron chi connectivity index (χ0n) is 14.0. The van der Waals surface area contributed by atoms with Crippen molar-refractivity contribution in [3.05, 3.63) is 0 Å². The van der Waals surface area contributed by atoms with E-state index in [0.29, 0.717) is 5.92 Å². The lowest BCUT2D eigenvalue weighted by Crippen LogP contribution is -2.45. The summed E-state index contributed by atoms with van der Waals surface area (Å²) < 4.78 is 27.4. The number of thioether (sulfide) groups is 2. The van der Waals surface area contributed by atoms with Gasteiger partial charge in [0.15, 0.2) is 0 Å². The monoisotopic (exact) mass is 376 g/mol. The second kappa shape index (κ2) is 5.66. The van der Waals surface area contributed by atoms with Gasteiger partial charge in [0.2, 0.25) is 10.0 Å². The number of rotatable bonds is 2. The van der Waals surface area contributed by atoms with Crippen LogP contribution in [0.3, 0.4) is 0 Å². The fraction of sp³-hybridized carbons (Fsp3) is 0.867. The summed E-state index contributed by atoms with van der Waals surface area (Å²) >= 11 is 2.95. The molecule has 0 radical (unpaired) electrons. The van der Waals surface area contributed by atoms with Crippen molar-refractivity contribution >= 4 is 43.8 Å². The molecule has 1 saturated heterocycles. The SMILES string of the molecule is CSC(=NCC(=O)N1[C@H]2C[C@@H]3CC[C@@]2(CS1(=O)=O)C3(C)C)SC. The summed E-state index contributed by atoms with van der Waals surface area (Å²) in [5.74, 6) is 0.284. The van der Waals surface area contributed by atoms with Crippen molar-refractivity contribution in [3.8, 4) is 0 Å². The molecule has 3 aliphatic rings. The van der Waals surface area contributed by atoms with Gasteiger partial charge in [0.05, 0.1) is 11.8 Å². The van der Waals surface area contributed by atoms with Crippen molar-refractivity contribution in [1.29, 1.82) is 0 Å². The molecule has 1 aliphatic heterocycles. The molecule has 1 amide bonds. The minimum absolute atomic E-state index is 0.00721. The molecule has 3 rings (SSSR count). The Bertz CT molecular complexity index is 653. The second-order valence-corrected chi connectivity index (χ2v) is 11.0. The van der Waals surface area contributed by atoms with Crippen LogP contribution >= 0.6 is 23.5 Å². The third-order valence-electron chi connectivity index (χ3n) is 6.35. The number of fused-ring (bicyclic) bond motifs is 1. The summed E-state index contributed by atoms with van der Waals surface area (Å²) in [7, 11) is -3.52. The van der Waals surface area contributed by atoms with Crippen LogP contribution in [-0.4, -0.2) is 53.9 Å². The van der Waals surface area contributed by atoms with Gasteiger partial charge in [-0.15, -0.1) is 23.5 Å². The summed E-state index contributed by atoms with van der Waals surface area (Å²) in [5.41, 5.74) is -0.259. The Hall–Kier alpha value is -0.210. The summed E-state index contributed by atoms with van der Waals surface area (Å²) in [6, 6.07) is -0.157. The van der Waals surface area contributed by atoms with E-state index in [1.807, 2.05) is 12.5 Å². The topological polar surface area (TPSA) is 66.8 Å². The summed E-state index contributed by atoms with van der Waals surface area (Å²) in [5, 5.41) is 0. The molecule has 0 aromatic rings. The molecule has 3 atom stereocenters. The van der Waals surface area contributed by atoms with Crippen LogP contribution in [0.25, 0.3) is 0 Å². The summed E-state index contributed by atoms with van der Waals surface area (Å²) in [6.45, 7) is 4.30. The molecular formula is C15H24N2O3S3. The van der Waals surface area contributed by atoms with E-state index in [0.717, 1.165) is 23.6 Å². The Morgan fingerprint density at radius 2 is 1.96 bits per heavy atom. The first-order chi connectivity index (χ1) is 10.7. The molecule has 0 aromatic carbocycles. The largest absolute Gasteiger partial charge is 0.272 e. The molecule has 5 nitrogen and oxygen atoms in total. The zero-order chi connectivity index (χ0) is 17.0. The van der Waals surface area contributed by atoms with E-state index in [9.17, 15) is 13.2 Å². The Kier molecular flexibility index (Phi) is 4.33. The van der Waals surface area contributed by atoms with Crippen LogP contribution in [0.4, 0.5) is 0 Å². The van der Waals surface area contributed by atoms with E-state index < -0.39 is 10.0 Å². The molecule has 130 valence electrons. The lowest BCUT2D eigenvalue weighted by molar-refractivity contribution is -0.127. The first-order valence-corrected chi connectivity index (χ1v) is 11.9. The molecule has 1 heterocycles. The van der Waals surface area contributed by atoms with Crippen molar-refractivity contribution in [1.82, 2.24) is 4.31 Å². The van der Waals surface area contributed by atoms with Gasteiger partial charge in [0.1, 0.15) is 10.9 Å².